The molecular weight excluding hydrogens is 372 g/mol. The Hall–Kier alpha value is -3.64. The second-order valence-corrected chi connectivity index (χ2v) is 8.85. The Morgan fingerprint density at radius 1 is 0.484 bits per heavy atom. The molecule has 0 nitrogen and oxygen atoms in total. The van der Waals surface area contributed by atoms with Crippen molar-refractivity contribution in [1.29, 1.82) is 0 Å². The first kappa shape index (κ1) is 17.1. The van der Waals surface area contributed by atoms with Crippen LogP contribution < -0.4 is 0 Å². The summed E-state index contributed by atoms with van der Waals surface area (Å²) in [7, 11) is 0. The van der Waals surface area contributed by atoms with E-state index in [1.807, 2.05) is 0 Å². The molecule has 3 aliphatic carbocycles. The van der Waals surface area contributed by atoms with Crippen LogP contribution in [0.25, 0.3) is 33.4 Å². The Kier molecular flexibility index (Phi) is 3.54. The molecule has 0 fully saturated rings. The van der Waals surface area contributed by atoms with Gasteiger partial charge in [-0.25, -0.2) is 0 Å². The van der Waals surface area contributed by atoms with Crippen molar-refractivity contribution in [2.24, 2.45) is 0 Å². The molecule has 0 heteroatoms. The summed E-state index contributed by atoms with van der Waals surface area (Å²) >= 11 is 0. The third-order valence-electron chi connectivity index (χ3n) is 7.25. The number of hydrogen-bond acceptors (Lipinski definition) is 0. The first-order valence-electron chi connectivity index (χ1n) is 11.2. The van der Waals surface area contributed by atoms with E-state index in [-0.39, 0.29) is 0 Å². The van der Waals surface area contributed by atoms with Gasteiger partial charge in [-0.2, -0.15) is 0 Å². The number of fused-ring (bicyclic) bond motifs is 6. The summed E-state index contributed by atoms with van der Waals surface area (Å²) in [4.78, 5) is 0. The van der Waals surface area contributed by atoms with Crippen LogP contribution in [0.15, 0.2) is 103 Å². The third-order valence-corrected chi connectivity index (χ3v) is 7.25. The fourth-order valence-electron chi connectivity index (χ4n) is 5.86. The maximum absolute atomic E-state index is 2.38. The molecule has 0 heterocycles. The summed E-state index contributed by atoms with van der Waals surface area (Å²) in [6.07, 6.45) is 11.1. The molecule has 0 radical (unpaired) electrons. The lowest BCUT2D eigenvalue weighted by Crippen LogP contribution is -2.01. The molecule has 0 N–H and O–H groups in total. The SMILES string of the molecule is C1=CC(c2ccc3c(c2-c2cccc4c2Cc2ccccc2-4)Cc2ccccc2-3)C=C1. The van der Waals surface area contributed by atoms with Crippen LogP contribution in [0.2, 0.25) is 0 Å². The topological polar surface area (TPSA) is 0 Å². The van der Waals surface area contributed by atoms with Crippen LogP contribution in [0, 0.1) is 0 Å². The van der Waals surface area contributed by atoms with Crippen molar-refractivity contribution in [3.8, 4) is 33.4 Å². The van der Waals surface area contributed by atoms with E-state index >= 15 is 0 Å². The highest BCUT2D eigenvalue weighted by Gasteiger charge is 2.29. The highest BCUT2D eigenvalue weighted by Crippen LogP contribution is 2.49. The van der Waals surface area contributed by atoms with Gasteiger partial charge in [-0.3, -0.25) is 0 Å². The van der Waals surface area contributed by atoms with Gasteiger partial charge in [0.25, 0.3) is 0 Å². The summed E-state index contributed by atoms with van der Waals surface area (Å²) in [6.45, 7) is 0. The fraction of sp³-hybridized carbons (Fsp3) is 0.0968. The monoisotopic (exact) mass is 394 g/mol. The van der Waals surface area contributed by atoms with Crippen LogP contribution in [-0.2, 0) is 12.8 Å². The third kappa shape index (κ3) is 2.42. The molecule has 31 heavy (non-hydrogen) atoms. The Balaban J connectivity index is 1.51. The van der Waals surface area contributed by atoms with E-state index in [0.717, 1.165) is 12.8 Å². The Bertz CT molecular complexity index is 1420. The zero-order valence-corrected chi connectivity index (χ0v) is 17.3. The van der Waals surface area contributed by atoms with Gasteiger partial charge < -0.3 is 0 Å². The van der Waals surface area contributed by atoms with Crippen molar-refractivity contribution in [2.75, 3.05) is 0 Å². The van der Waals surface area contributed by atoms with E-state index in [4.69, 9.17) is 0 Å². The maximum atomic E-state index is 2.38. The summed E-state index contributed by atoms with van der Waals surface area (Å²) in [5.41, 5.74) is 15.8. The van der Waals surface area contributed by atoms with Gasteiger partial charge in [0, 0.05) is 5.92 Å². The maximum Gasteiger partial charge on any atom is 0.0211 e. The van der Waals surface area contributed by atoms with E-state index in [1.54, 1.807) is 0 Å². The second kappa shape index (κ2) is 6.43. The molecule has 0 bridgehead atoms. The highest BCUT2D eigenvalue weighted by molar-refractivity contribution is 5.92. The molecule has 3 aliphatic rings. The molecule has 4 aromatic rings. The zero-order chi connectivity index (χ0) is 20.4. The lowest BCUT2D eigenvalue weighted by Gasteiger charge is -2.20. The van der Waals surface area contributed by atoms with Gasteiger partial charge in [0.2, 0.25) is 0 Å². The molecule has 0 saturated carbocycles. The van der Waals surface area contributed by atoms with E-state index in [1.165, 1.54) is 61.2 Å². The van der Waals surface area contributed by atoms with Crippen LogP contribution in [0.1, 0.15) is 33.7 Å². The number of allylic oxidation sites excluding steroid dienone is 4. The standard InChI is InChI=1S/C31H22/c1-2-9-20(8-1)25-16-17-27-24-13-6-4-11-22(24)19-30(27)31(25)28-15-7-14-26-23-12-5-3-10-21(23)18-29(26)28/h1-17,20H,18-19H2. The van der Waals surface area contributed by atoms with Crippen LogP contribution in [0.5, 0.6) is 0 Å². The predicted octanol–water partition coefficient (Wildman–Crippen LogP) is 7.71. The van der Waals surface area contributed by atoms with Gasteiger partial charge in [-0.15, -0.1) is 0 Å². The van der Waals surface area contributed by atoms with Crippen LogP contribution >= 0.6 is 0 Å². The molecule has 0 saturated heterocycles. The molecular formula is C31H22. The minimum atomic E-state index is 0.351. The minimum absolute atomic E-state index is 0.351. The van der Waals surface area contributed by atoms with Crippen molar-refractivity contribution in [1.82, 2.24) is 0 Å². The van der Waals surface area contributed by atoms with E-state index in [9.17, 15) is 0 Å². The number of hydrogen-bond donors (Lipinski definition) is 0. The smallest absolute Gasteiger partial charge is 0.0211 e. The van der Waals surface area contributed by atoms with Crippen LogP contribution in [-0.4, -0.2) is 0 Å². The molecule has 0 atom stereocenters. The largest absolute Gasteiger partial charge is 0.0732 e. The highest BCUT2D eigenvalue weighted by atomic mass is 14.3. The van der Waals surface area contributed by atoms with Crippen molar-refractivity contribution < 1.29 is 0 Å². The molecule has 146 valence electrons. The van der Waals surface area contributed by atoms with Crippen molar-refractivity contribution >= 4 is 0 Å². The normalized spacial score (nSPS) is 15.1. The average Bonchev–Trinajstić information content (AvgIpc) is 3.55. The van der Waals surface area contributed by atoms with Crippen molar-refractivity contribution in [3.63, 3.8) is 0 Å². The van der Waals surface area contributed by atoms with Crippen molar-refractivity contribution in [3.05, 3.63) is 131 Å². The van der Waals surface area contributed by atoms with Gasteiger partial charge in [-0.1, -0.05) is 103 Å². The minimum Gasteiger partial charge on any atom is -0.0732 e. The molecule has 0 unspecified atom stereocenters. The van der Waals surface area contributed by atoms with Gasteiger partial charge >= 0.3 is 0 Å². The summed E-state index contributed by atoms with van der Waals surface area (Å²) in [5, 5.41) is 0. The van der Waals surface area contributed by atoms with Crippen molar-refractivity contribution in [2.45, 2.75) is 18.8 Å². The first-order valence-corrected chi connectivity index (χ1v) is 11.2. The molecule has 0 aromatic heterocycles. The molecule has 0 spiro atoms. The average molecular weight is 395 g/mol. The lowest BCUT2D eigenvalue weighted by atomic mass is 9.83. The Labute approximate surface area is 183 Å². The Morgan fingerprint density at radius 2 is 1.06 bits per heavy atom. The second-order valence-electron chi connectivity index (χ2n) is 8.85. The Morgan fingerprint density at radius 3 is 1.81 bits per heavy atom. The lowest BCUT2D eigenvalue weighted by molar-refractivity contribution is 1.09. The fourth-order valence-corrected chi connectivity index (χ4v) is 5.86. The molecule has 7 rings (SSSR count). The van der Waals surface area contributed by atoms with E-state index in [0.29, 0.717) is 5.92 Å². The first-order chi connectivity index (χ1) is 15.4. The number of rotatable bonds is 2. The van der Waals surface area contributed by atoms with E-state index in [2.05, 4.69) is 103 Å². The van der Waals surface area contributed by atoms with Gasteiger partial charge in [-0.05, 0) is 74.0 Å². The summed E-state index contributed by atoms with van der Waals surface area (Å²) in [5.74, 6) is 0.351. The quantitative estimate of drug-likeness (QED) is 0.282. The summed E-state index contributed by atoms with van der Waals surface area (Å²) in [6, 6.07) is 29.5. The van der Waals surface area contributed by atoms with E-state index < -0.39 is 0 Å². The zero-order valence-electron chi connectivity index (χ0n) is 17.3. The van der Waals surface area contributed by atoms with Crippen LogP contribution in [0.3, 0.4) is 0 Å². The van der Waals surface area contributed by atoms with Gasteiger partial charge in [0.1, 0.15) is 0 Å². The molecule has 0 aliphatic heterocycles. The van der Waals surface area contributed by atoms with Gasteiger partial charge in [0.05, 0.1) is 0 Å². The predicted molar refractivity (Wildman–Crippen MR) is 129 cm³/mol. The molecule has 4 aromatic carbocycles. The van der Waals surface area contributed by atoms with Crippen LogP contribution in [0.4, 0.5) is 0 Å². The summed E-state index contributed by atoms with van der Waals surface area (Å²) < 4.78 is 0. The number of benzene rings is 4. The molecule has 0 amide bonds. The van der Waals surface area contributed by atoms with Gasteiger partial charge in [0.15, 0.2) is 0 Å².